The summed E-state index contributed by atoms with van der Waals surface area (Å²) in [6, 6.07) is 9.46. The summed E-state index contributed by atoms with van der Waals surface area (Å²) in [6.45, 7) is 6.55. The highest BCUT2D eigenvalue weighted by Crippen LogP contribution is 2.23. The van der Waals surface area contributed by atoms with Gasteiger partial charge >= 0.3 is 0 Å². The lowest BCUT2D eigenvalue weighted by Gasteiger charge is -2.40. The van der Waals surface area contributed by atoms with Crippen molar-refractivity contribution in [2.75, 3.05) is 32.8 Å². The van der Waals surface area contributed by atoms with Gasteiger partial charge in [-0.05, 0) is 38.8 Å². The molecule has 0 spiro atoms. The van der Waals surface area contributed by atoms with E-state index in [1.165, 1.54) is 0 Å². The molecular weight excluding hydrogens is 332 g/mol. The average molecular weight is 360 g/mol. The van der Waals surface area contributed by atoms with Crippen molar-refractivity contribution < 1.29 is 19.1 Å². The van der Waals surface area contributed by atoms with Crippen LogP contribution in [0.2, 0.25) is 0 Å². The van der Waals surface area contributed by atoms with E-state index in [2.05, 4.69) is 0 Å². The number of carbonyl (C=O) groups is 2. The molecule has 3 rings (SSSR count). The second kappa shape index (κ2) is 8.54. The van der Waals surface area contributed by atoms with Crippen molar-refractivity contribution in [3.8, 4) is 5.75 Å². The maximum absolute atomic E-state index is 12.8. The quantitative estimate of drug-likeness (QED) is 0.823. The molecule has 26 heavy (non-hydrogen) atoms. The lowest BCUT2D eigenvalue weighted by atomic mass is 9.94. The minimum Gasteiger partial charge on any atom is -0.484 e. The number of nitrogens with zero attached hydrogens (tertiary/aromatic N) is 2. The second-order valence-corrected chi connectivity index (χ2v) is 7.24. The monoisotopic (exact) mass is 360 g/mol. The summed E-state index contributed by atoms with van der Waals surface area (Å²) in [4.78, 5) is 28.9. The number of carbonyl (C=O) groups excluding carboxylic acids is 2. The molecule has 6 heteroatoms. The topological polar surface area (TPSA) is 59.1 Å². The van der Waals surface area contributed by atoms with E-state index in [0.29, 0.717) is 44.8 Å². The number of benzene rings is 1. The van der Waals surface area contributed by atoms with Gasteiger partial charge in [0.05, 0.1) is 18.8 Å². The zero-order valence-electron chi connectivity index (χ0n) is 15.6. The molecule has 6 nitrogen and oxygen atoms in total. The van der Waals surface area contributed by atoms with Gasteiger partial charge in [0, 0.05) is 25.6 Å². The fourth-order valence-corrected chi connectivity index (χ4v) is 3.57. The van der Waals surface area contributed by atoms with Crippen LogP contribution in [0.1, 0.15) is 26.7 Å². The van der Waals surface area contributed by atoms with Crippen LogP contribution in [-0.2, 0) is 14.3 Å². The molecule has 0 aliphatic carbocycles. The van der Waals surface area contributed by atoms with Crippen molar-refractivity contribution in [2.45, 2.75) is 38.8 Å². The molecular formula is C20H28N2O4. The minimum atomic E-state index is -0.0203. The summed E-state index contributed by atoms with van der Waals surface area (Å²) in [7, 11) is 0. The third-order valence-electron chi connectivity index (χ3n) is 5.19. The van der Waals surface area contributed by atoms with Crippen LogP contribution in [0.4, 0.5) is 0 Å². The number of hydrogen-bond donors (Lipinski definition) is 0. The van der Waals surface area contributed by atoms with E-state index in [1.807, 2.05) is 49.1 Å². The number of likely N-dealkylation sites (tertiary alicyclic amines) is 1. The summed E-state index contributed by atoms with van der Waals surface area (Å²) in [5.41, 5.74) is 0. The number of amides is 2. The molecule has 0 aromatic heterocycles. The normalized spacial score (nSPS) is 24.4. The van der Waals surface area contributed by atoms with Gasteiger partial charge in [-0.3, -0.25) is 9.59 Å². The first kappa shape index (κ1) is 18.7. The number of hydrogen-bond acceptors (Lipinski definition) is 4. The molecule has 0 saturated carbocycles. The van der Waals surface area contributed by atoms with Crippen molar-refractivity contribution in [3.63, 3.8) is 0 Å². The van der Waals surface area contributed by atoms with Gasteiger partial charge in [-0.25, -0.2) is 0 Å². The summed E-state index contributed by atoms with van der Waals surface area (Å²) in [5.74, 6) is 0.886. The van der Waals surface area contributed by atoms with Crippen molar-refractivity contribution >= 4 is 11.8 Å². The van der Waals surface area contributed by atoms with Gasteiger partial charge in [0.25, 0.3) is 5.91 Å². The zero-order chi connectivity index (χ0) is 18.5. The highest BCUT2D eigenvalue weighted by atomic mass is 16.5. The van der Waals surface area contributed by atoms with E-state index < -0.39 is 0 Å². The molecule has 2 saturated heterocycles. The molecule has 142 valence electrons. The van der Waals surface area contributed by atoms with Crippen molar-refractivity contribution in [2.24, 2.45) is 5.92 Å². The van der Waals surface area contributed by atoms with Crippen LogP contribution in [0.15, 0.2) is 30.3 Å². The summed E-state index contributed by atoms with van der Waals surface area (Å²) >= 11 is 0. The van der Waals surface area contributed by atoms with E-state index in [0.717, 1.165) is 0 Å². The highest BCUT2D eigenvalue weighted by Gasteiger charge is 2.34. The standard InChI is InChI=1S/C20H28N2O4/c1-15-13-25-16(2)12-22(15)20(24)17-8-10-21(11-9-17)19(23)14-26-18-6-4-3-5-7-18/h3-7,15-17H,8-14H2,1-2H3. The maximum Gasteiger partial charge on any atom is 0.260 e. The van der Waals surface area contributed by atoms with E-state index >= 15 is 0 Å². The smallest absolute Gasteiger partial charge is 0.260 e. The molecule has 2 atom stereocenters. The van der Waals surface area contributed by atoms with Gasteiger partial charge < -0.3 is 19.3 Å². The van der Waals surface area contributed by atoms with Crippen LogP contribution < -0.4 is 4.74 Å². The molecule has 2 aliphatic heterocycles. The molecule has 2 fully saturated rings. The molecule has 0 N–H and O–H groups in total. The third-order valence-corrected chi connectivity index (χ3v) is 5.19. The molecule has 2 unspecified atom stereocenters. The van der Waals surface area contributed by atoms with Crippen molar-refractivity contribution in [1.29, 1.82) is 0 Å². The van der Waals surface area contributed by atoms with E-state index in [9.17, 15) is 9.59 Å². The Morgan fingerprint density at radius 3 is 2.54 bits per heavy atom. The molecule has 1 aromatic carbocycles. The first-order valence-corrected chi connectivity index (χ1v) is 9.42. The van der Waals surface area contributed by atoms with Crippen molar-refractivity contribution in [1.82, 2.24) is 9.80 Å². The van der Waals surface area contributed by atoms with Gasteiger partial charge in [0.15, 0.2) is 6.61 Å². The Balaban J connectivity index is 1.46. The molecule has 1 aromatic rings. The van der Waals surface area contributed by atoms with Crippen LogP contribution in [0.3, 0.4) is 0 Å². The van der Waals surface area contributed by atoms with E-state index in [1.54, 1.807) is 4.90 Å². The van der Waals surface area contributed by atoms with Crippen LogP contribution in [0, 0.1) is 5.92 Å². The summed E-state index contributed by atoms with van der Waals surface area (Å²) < 4.78 is 11.1. The number of ether oxygens (including phenoxy) is 2. The predicted octanol–water partition coefficient (Wildman–Crippen LogP) is 1.94. The Hall–Kier alpha value is -2.08. The predicted molar refractivity (Wildman–Crippen MR) is 97.8 cm³/mol. The number of morpholine rings is 1. The summed E-state index contributed by atoms with van der Waals surface area (Å²) in [6.07, 6.45) is 1.52. The largest absolute Gasteiger partial charge is 0.484 e. The molecule has 0 bridgehead atoms. The lowest BCUT2D eigenvalue weighted by Crippen LogP contribution is -2.53. The lowest BCUT2D eigenvalue weighted by molar-refractivity contribution is -0.150. The third kappa shape index (κ3) is 4.55. The average Bonchev–Trinajstić information content (AvgIpc) is 2.68. The number of rotatable bonds is 4. The number of piperidine rings is 1. The van der Waals surface area contributed by atoms with Gasteiger partial charge in [0.2, 0.25) is 5.91 Å². The Bertz CT molecular complexity index is 613. The molecule has 0 radical (unpaired) electrons. The van der Waals surface area contributed by atoms with Gasteiger partial charge in [-0.2, -0.15) is 0 Å². The molecule has 2 aliphatic rings. The molecule has 2 amide bonds. The zero-order valence-corrected chi connectivity index (χ0v) is 15.6. The van der Waals surface area contributed by atoms with Gasteiger partial charge in [0.1, 0.15) is 5.75 Å². The van der Waals surface area contributed by atoms with Gasteiger partial charge in [-0.1, -0.05) is 18.2 Å². The SMILES string of the molecule is CC1CN(C(=O)C2CCN(C(=O)COc3ccccc3)CC2)C(C)CO1. The first-order chi connectivity index (χ1) is 12.5. The second-order valence-electron chi connectivity index (χ2n) is 7.24. The van der Waals surface area contributed by atoms with E-state index in [-0.39, 0.29) is 36.5 Å². The fraction of sp³-hybridized carbons (Fsp3) is 0.600. The Morgan fingerprint density at radius 1 is 1.15 bits per heavy atom. The Morgan fingerprint density at radius 2 is 1.85 bits per heavy atom. The first-order valence-electron chi connectivity index (χ1n) is 9.42. The summed E-state index contributed by atoms with van der Waals surface area (Å²) in [5, 5.41) is 0. The van der Waals surface area contributed by atoms with Crippen LogP contribution in [0.5, 0.6) is 5.75 Å². The van der Waals surface area contributed by atoms with Crippen LogP contribution in [0.25, 0.3) is 0 Å². The van der Waals surface area contributed by atoms with E-state index in [4.69, 9.17) is 9.47 Å². The number of para-hydroxylation sites is 1. The van der Waals surface area contributed by atoms with Crippen LogP contribution >= 0.6 is 0 Å². The van der Waals surface area contributed by atoms with Gasteiger partial charge in [-0.15, -0.1) is 0 Å². The molecule has 2 heterocycles. The van der Waals surface area contributed by atoms with Crippen LogP contribution in [-0.4, -0.2) is 66.6 Å². The Labute approximate surface area is 155 Å². The fourth-order valence-electron chi connectivity index (χ4n) is 3.57. The highest BCUT2D eigenvalue weighted by molar-refractivity contribution is 5.81. The minimum absolute atomic E-state index is 0.00171. The Kier molecular flexibility index (Phi) is 6.14. The maximum atomic E-state index is 12.8. The van der Waals surface area contributed by atoms with Crippen molar-refractivity contribution in [3.05, 3.63) is 30.3 Å².